The van der Waals surface area contributed by atoms with E-state index in [-0.39, 0.29) is 22.8 Å². The molecule has 0 unspecified atom stereocenters. The van der Waals surface area contributed by atoms with Crippen LogP contribution < -0.4 is 5.32 Å². The van der Waals surface area contributed by atoms with Gasteiger partial charge in [0.15, 0.2) is 5.76 Å². The molecule has 0 spiro atoms. The zero-order chi connectivity index (χ0) is 18.0. The molecule has 1 aromatic heterocycles. The third-order valence-electron chi connectivity index (χ3n) is 5.39. The monoisotopic (exact) mass is 370 g/mol. The van der Waals surface area contributed by atoms with E-state index in [0.29, 0.717) is 38.1 Å². The first-order chi connectivity index (χ1) is 11.9. The number of rotatable bonds is 4. The molecule has 1 aromatic rings. The Labute approximate surface area is 148 Å². The lowest BCUT2D eigenvalue weighted by Crippen LogP contribution is -2.43. The molecule has 0 aromatic carbocycles. The lowest BCUT2D eigenvalue weighted by molar-refractivity contribution is 0.0722. The molecule has 1 amide bonds. The second-order valence-electron chi connectivity index (χ2n) is 6.98. The van der Waals surface area contributed by atoms with Gasteiger partial charge >= 0.3 is 0 Å². The molecule has 2 heterocycles. The zero-order valence-electron chi connectivity index (χ0n) is 14.7. The summed E-state index contributed by atoms with van der Waals surface area (Å²) in [5.74, 6) is 0.642. The molecule has 3 atom stereocenters. The average Bonchev–Trinajstić information content (AvgIpc) is 3.11. The Bertz CT molecular complexity index is 708. The average molecular weight is 370 g/mol. The van der Waals surface area contributed by atoms with Crippen molar-refractivity contribution in [2.24, 2.45) is 11.8 Å². The van der Waals surface area contributed by atoms with Crippen LogP contribution in [0.5, 0.6) is 0 Å². The Hall–Kier alpha value is -1.38. The highest BCUT2D eigenvalue weighted by atomic mass is 32.2. The molecule has 140 valence electrons. The number of furan rings is 1. The third kappa shape index (κ3) is 3.91. The number of nitrogens with zero attached hydrogens (tertiary/aromatic N) is 1. The normalized spacial score (nSPS) is 28.6. The Kier molecular flexibility index (Phi) is 5.50. The van der Waals surface area contributed by atoms with Gasteiger partial charge < -0.3 is 14.5 Å². The van der Waals surface area contributed by atoms with Crippen LogP contribution >= 0.6 is 0 Å². The molecule has 1 aliphatic carbocycles. The van der Waals surface area contributed by atoms with E-state index in [1.165, 1.54) is 22.9 Å². The molecule has 1 aliphatic heterocycles. The fourth-order valence-corrected chi connectivity index (χ4v) is 4.84. The SMILES string of the molecule is C[C@@H]1[C@H](C)CCC[C@@H]1NC(=O)c1ccc(S(=O)(=O)N2CCOCC2)o1. The molecule has 1 saturated carbocycles. The summed E-state index contributed by atoms with van der Waals surface area (Å²) in [4.78, 5) is 12.4. The van der Waals surface area contributed by atoms with E-state index >= 15 is 0 Å². The van der Waals surface area contributed by atoms with Crippen LogP contribution in [0.25, 0.3) is 0 Å². The molecular weight excluding hydrogens is 344 g/mol. The van der Waals surface area contributed by atoms with Crippen molar-refractivity contribution in [1.29, 1.82) is 0 Å². The zero-order valence-corrected chi connectivity index (χ0v) is 15.5. The summed E-state index contributed by atoms with van der Waals surface area (Å²) in [5, 5.41) is 2.81. The molecule has 2 fully saturated rings. The molecule has 1 N–H and O–H groups in total. The number of amides is 1. The number of hydrogen-bond donors (Lipinski definition) is 1. The predicted octanol–water partition coefficient (Wildman–Crippen LogP) is 1.85. The maximum atomic E-state index is 12.6. The van der Waals surface area contributed by atoms with Gasteiger partial charge in [0.1, 0.15) is 0 Å². The molecule has 8 heteroatoms. The van der Waals surface area contributed by atoms with Crippen LogP contribution in [0.1, 0.15) is 43.7 Å². The summed E-state index contributed by atoms with van der Waals surface area (Å²) in [7, 11) is -3.72. The van der Waals surface area contributed by atoms with Crippen molar-refractivity contribution in [2.45, 2.75) is 44.2 Å². The van der Waals surface area contributed by atoms with Gasteiger partial charge in [-0.3, -0.25) is 4.79 Å². The van der Waals surface area contributed by atoms with Gasteiger partial charge in [0.25, 0.3) is 15.9 Å². The van der Waals surface area contributed by atoms with Crippen molar-refractivity contribution in [3.05, 3.63) is 17.9 Å². The van der Waals surface area contributed by atoms with Crippen LogP contribution in [0.4, 0.5) is 0 Å². The second-order valence-corrected chi connectivity index (χ2v) is 8.85. The number of carbonyl (C=O) groups is 1. The molecule has 3 rings (SSSR count). The van der Waals surface area contributed by atoms with Gasteiger partial charge in [0.2, 0.25) is 5.09 Å². The van der Waals surface area contributed by atoms with E-state index in [1.807, 2.05) is 0 Å². The fraction of sp³-hybridized carbons (Fsp3) is 0.706. The summed E-state index contributed by atoms with van der Waals surface area (Å²) in [5.41, 5.74) is 0. The van der Waals surface area contributed by atoms with Crippen molar-refractivity contribution in [3.63, 3.8) is 0 Å². The number of hydrogen-bond acceptors (Lipinski definition) is 5. The van der Waals surface area contributed by atoms with Crippen molar-refractivity contribution in [3.8, 4) is 0 Å². The van der Waals surface area contributed by atoms with Gasteiger partial charge in [-0.15, -0.1) is 0 Å². The molecule has 0 radical (unpaired) electrons. The third-order valence-corrected chi connectivity index (χ3v) is 7.17. The largest absolute Gasteiger partial charge is 0.438 e. The first-order valence-corrected chi connectivity index (χ1v) is 10.3. The molecular formula is C17H26N2O5S. The number of sulfonamides is 1. The number of ether oxygens (including phenoxy) is 1. The van der Waals surface area contributed by atoms with E-state index in [9.17, 15) is 13.2 Å². The van der Waals surface area contributed by atoms with Gasteiger partial charge in [-0.25, -0.2) is 8.42 Å². The number of morpholine rings is 1. The van der Waals surface area contributed by atoms with Gasteiger partial charge in [0, 0.05) is 19.1 Å². The summed E-state index contributed by atoms with van der Waals surface area (Å²) < 4.78 is 37.0. The van der Waals surface area contributed by atoms with Crippen molar-refractivity contribution < 1.29 is 22.4 Å². The van der Waals surface area contributed by atoms with E-state index in [1.54, 1.807) is 0 Å². The summed E-state index contributed by atoms with van der Waals surface area (Å²) in [6.45, 7) is 5.66. The van der Waals surface area contributed by atoms with Gasteiger partial charge in [0.05, 0.1) is 13.2 Å². The van der Waals surface area contributed by atoms with Crippen LogP contribution in [-0.2, 0) is 14.8 Å². The maximum absolute atomic E-state index is 12.6. The summed E-state index contributed by atoms with van der Waals surface area (Å²) in [6, 6.07) is 2.88. The predicted molar refractivity (Wildman–Crippen MR) is 91.7 cm³/mol. The number of nitrogens with one attached hydrogen (secondary N) is 1. The van der Waals surface area contributed by atoms with E-state index in [0.717, 1.165) is 12.8 Å². The van der Waals surface area contributed by atoms with Crippen LogP contribution in [0.15, 0.2) is 21.6 Å². The summed E-state index contributed by atoms with van der Waals surface area (Å²) >= 11 is 0. The second kappa shape index (κ2) is 7.47. The minimum absolute atomic E-state index is 0.0391. The van der Waals surface area contributed by atoms with Crippen LogP contribution in [0, 0.1) is 11.8 Å². The standard InChI is InChI=1S/C17H26N2O5S/c1-12-4-3-5-14(13(12)2)18-17(20)15-6-7-16(24-15)25(21,22)19-8-10-23-11-9-19/h6-7,12-14H,3-5,8-11H2,1-2H3,(H,18,20)/t12-,13-,14+/m1/s1. The Morgan fingerprint density at radius 3 is 2.64 bits per heavy atom. The highest BCUT2D eigenvalue weighted by Crippen LogP contribution is 2.30. The van der Waals surface area contributed by atoms with E-state index < -0.39 is 10.0 Å². The molecule has 2 aliphatic rings. The van der Waals surface area contributed by atoms with Crippen molar-refractivity contribution in [1.82, 2.24) is 9.62 Å². The molecule has 7 nitrogen and oxygen atoms in total. The highest BCUT2D eigenvalue weighted by Gasteiger charge is 2.32. The smallest absolute Gasteiger partial charge is 0.287 e. The first-order valence-electron chi connectivity index (χ1n) is 8.88. The van der Waals surface area contributed by atoms with Gasteiger partial charge in [-0.1, -0.05) is 26.7 Å². The topological polar surface area (TPSA) is 88.9 Å². The highest BCUT2D eigenvalue weighted by molar-refractivity contribution is 7.89. The van der Waals surface area contributed by atoms with Crippen LogP contribution in [-0.4, -0.2) is 51.0 Å². The Morgan fingerprint density at radius 2 is 1.92 bits per heavy atom. The fourth-order valence-electron chi connectivity index (χ4n) is 3.52. The quantitative estimate of drug-likeness (QED) is 0.874. The lowest BCUT2D eigenvalue weighted by Gasteiger charge is -2.34. The number of carbonyl (C=O) groups excluding carboxylic acids is 1. The Morgan fingerprint density at radius 1 is 1.20 bits per heavy atom. The van der Waals surface area contributed by atoms with Crippen LogP contribution in [0.3, 0.4) is 0 Å². The first kappa shape index (κ1) is 18.4. The molecule has 1 saturated heterocycles. The minimum atomic E-state index is -3.72. The maximum Gasteiger partial charge on any atom is 0.287 e. The molecule has 0 bridgehead atoms. The van der Waals surface area contributed by atoms with E-state index in [4.69, 9.17) is 9.15 Å². The minimum Gasteiger partial charge on any atom is -0.438 e. The molecule has 25 heavy (non-hydrogen) atoms. The van der Waals surface area contributed by atoms with Crippen molar-refractivity contribution in [2.75, 3.05) is 26.3 Å². The summed E-state index contributed by atoms with van der Waals surface area (Å²) in [6.07, 6.45) is 3.21. The van der Waals surface area contributed by atoms with Crippen molar-refractivity contribution >= 4 is 15.9 Å². The van der Waals surface area contributed by atoms with Gasteiger partial charge in [-0.05, 0) is 30.4 Å². The van der Waals surface area contributed by atoms with E-state index in [2.05, 4.69) is 19.2 Å². The Balaban J connectivity index is 1.69. The van der Waals surface area contributed by atoms with Gasteiger partial charge in [-0.2, -0.15) is 4.31 Å². The van der Waals surface area contributed by atoms with Crippen LogP contribution in [0.2, 0.25) is 0 Å². The lowest BCUT2D eigenvalue weighted by atomic mass is 9.78.